The van der Waals surface area contributed by atoms with Gasteiger partial charge in [-0.2, -0.15) is 8.42 Å². The summed E-state index contributed by atoms with van der Waals surface area (Å²) >= 11 is 0. The van der Waals surface area contributed by atoms with E-state index >= 15 is 0 Å². The molecule has 4 nitrogen and oxygen atoms in total. The molecule has 7 heteroatoms. The van der Waals surface area contributed by atoms with E-state index in [9.17, 15) is 0 Å². The monoisotopic (exact) mass is 194 g/mol. The Bertz CT molecular complexity index is 159. The summed E-state index contributed by atoms with van der Waals surface area (Å²) in [4.78, 5) is 9.00. The highest BCUT2D eigenvalue weighted by Gasteiger charge is 1.88. The van der Waals surface area contributed by atoms with Gasteiger partial charge < -0.3 is 5.11 Å². The van der Waals surface area contributed by atoms with Crippen molar-refractivity contribution >= 4 is 35.6 Å². The molecule has 9 heavy (non-hydrogen) atoms. The quantitative estimate of drug-likeness (QED) is 0.580. The van der Waals surface area contributed by atoms with Crippen LogP contribution < -0.4 is 0 Å². The molecule has 56 valence electrons. The Hall–Kier alpha value is -0.000000000000000111. The van der Waals surface area contributed by atoms with Crippen molar-refractivity contribution < 1.29 is 18.3 Å². The number of carboxylic acid groups (broad SMARTS) is 1. The molecule has 0 spiro atoms. The Balaban J connectivity index is 0. The van der Waals surface area contributed by atoms with Crippen LogP contribution in [-0.2, 0) is 13.1 Å². The first-order chi connectivity index (χ1) is 3.73. The van der Waals surface area contributed by atoms with Crippen molar-refractivity contribution in [3.63, 3.8) is 0 Å². The molecule has 0 heterocycles. The van der Waals surface area contributed by atoms with E-state index in [0.29, 0.717) is 0 Å². The van der Waals surface area contributed by atoms with Crippen LogP contribution in [0.1, 0.15) is 6.92 Å². The lowest BCUT2D eigenvalue weighted by atomic mass is 10.9. The van der Waals surface area contributed by atoms with Crippen LogP contribution in [-0.4, -0.2) is 19.5 Å². The third-order valence-corrected chi connectivity index (χ3v) is 0. The van der Waals surface area contributed by atoms with Crippen LogP contribution in [0.3, 0.4) is 0 Å². The van der Waals surface area contributed by atoms with Gasteiger partial charge in [-0.1, -0.05) is 0 Å². The van der Waals surface area contributed by atoms with Gasteiger partial charge in [0.25, 0.3) is 5.97 Å². The number of carbonyl (C=O) groups is 1. The predicted molar refractivity (Wildman–Crippen MR) is 33.9 cm³/mol. The summed E-state index contributed by atoms with van der Waals surface area (Å²) in [6, 6.07) is 0. The Labute approximate surface area is 61.3 Å². The van der Waals surface area contributed by atoms with E-state index in [1.54, 1.807) is 0 Å². The lowest BCUT2D eigenvalue weighted by Crippen LogP contribution is -1.78. The third-order valence-electron chi connectivity index (χ3n) is 0. The van der Waals surface area contributed by atoms with Gasteiger partial charge in [0.1, 0.15) is 0 Å². The molecule has 0 saturated heterocycles. The lowest BCUT2D eigenvalue weighted by molar-refractivity contribution is -0.134. The number of hydrogen-bond acceptors (Lipinski definition) is 3. The van der Waals surface area contributed by atoms with Crippen molar-refractivity contribution in [1.29, 1.82) is 0 Å². The normalized spacial score (nSPS) is 9.22. The van der Waals surface area contributed by atoms with E-state index < -0.39 is 14.2 Å². The van der Waals surface area contributed by atoms with Crippen LogP contribution in [0.5, 0.6) is 0 Å². The van der Waals surface area contributed by atoms with E-state index in [1.165, 1.54) is 0 Å². The molecule has 0 unspecified atom stereocenters. The van der Waals surface area contributed by atoms with Crippen LogP contribution in [0.2, 0.25) is 0 Å². The zero-order valence-corrected chi connectivity index (χ0v) is 6.66. The smallest absolute Gasteiger partial charge is 0.317 e. The zero-order valence-electron chi connectivity index (χ0n) is 4.34. The molecule has 0 atom stereocenters. The van der Waals surface area contributed by atoms with Gasteiger partial charge in [-0.15, -0.1) is 0 Å². The van der Waals surface area contributed by atoms with Gasteiger partial charge in [0.2, 0.25) is 0 Å². The topological polar surface area (TPSA) is 71.4 Å². The molecule has 0 aliphatic rings. The Kier molecular flexibility index (Phi) is 6.32. The number of carboxylic acids is 1. The maximum Gasteiger partial charge on any atom is 0.317 e. The maximum atomic E-state index is 9.16. The van der Waals surface area contributed by atoms with Crippen molar-refractivity contribution in [2.45, 2.75) is 6.92 Å². The standard InChI is InChI=1S/C2H4O2.Cl2O2S/c1-2(3)4;1-5(2,3)4/h1H3,(H,3,4);. The van der Waals surface area contributed by atoms with Gasteiger partial charge in [-0.3, -0.25) is 4.79 Å². The molecule has 0 aromatic carbocycles. The molecule has 0 saturated carbocycles. The SMILES string of the molecule is CC(=O)O.O=S(=O)(Cl)Cl. The van der Waals surface area contributed by atoms with Crippen LogP contribution >= 0.6 is 21.4 Å². The first kappa shape index (κ1) is 11.8. The van der Waals surface area contributed by atoms with Crippen LogP contribution in [0.4, 0.5) is 0 Å². The average Bonchev–Trinajstić information content (AvgIpc) is 1.19. The minimum Gasteiger partial charge on any atom is -0.481 e. The summed E-state index contributed by atoms with van der Waals surface area (Å²) in [5, 5.41) is 7.42. The molecular formula is C2H4Cl2O4S. The molecule has 0 aliphatic carbocycles. The fourth-order valence-corrected chi connectivity index (χ4v) is 0. The highest BCUT2D eigenvalue weighted by atomic mass is 36.0. The Morgan fingerprint density at radius 3 is 1.44 bits per heavy atom. The summed E-state index contributed by atoms with van der Waals surface area (Å²) in [5.41, 5.74) is 0. The predicted octanol–water partition coefficient (Wildman–Crippen LogP) is 0.800. The molecule has 0 aromatic rings. The van der Waals surface area contributed by atoms with Gasteiger partial charge in [0, 0.05) is 28.3 Å². The second-order valence-corrected chi connectivity index (χ2v) is 4.57. The molecular weight excluding hydrogens is 191 g/mol. The van der Waals surface area contributed by atoms with Crippen molar-refractivity contribution in [3.05, 3.63) is 0 Å². The van der Waals surface area contributed by atoms with E-state index in [4.69, 9.17) is 18.3 Å². The van der Waals surface area contributed by atoms with Gasteiger partial charge in [-0.05, 0) is 0 Å². The van der Waals surface area contributed by atoms with Gasteiger partial charge in [-0.25, -0.2) is 0 Å². The Morgan fingerprint density at radius 1 is 1.44 bits per heavy atom. The number of rotatable bonds is 0. The van der Waals surface area contributed by atoms with Crippen LogP contribution in [0, 0.1) is 0 Å². The first-order valence-electron chi connectivity index (χ1n) is 1.57. The van der Waals surface area contributed by atoms with E-state index in [0.717, 1.165) is 6.92 Å². The average molecular weight is 195 g/mol. The highest BCUT2D eigenvalue weighted by molar-refractivity contribution is 8.31. The Morgan fingerprint density at radius 2 is 1.44 bits per heavy atom. The van der Waals surface area contributed by atoms with Crippen molar-refractivity contribution in [2.24, 2.45) is 0 Å². The second-order valence-electron chi connectivity index (χ2n) is 0.897. The third kappa shape index (κ3) is 23400000000000001147595564771180544. The maximum absolute atomic E-state index is 9.16. The zero-order chi connectivity index (χ0) is 8.08. The molecule has 0 aliphatic heterocycles. The fourth-order valence-electron chi connectivity index (χ4n) is 0. The number of halogens is 2. The molecule has 1 N–H and O–H groups in total. The molecule has 0 amide bonds. The van der Waals surface area contributed by atoms with E-state index in [-0.39, 0.29) is 0 Å². The summed E-state index contributed by atoms with van der Waals surface area (Å²) < 4.78 is 18.3. The number of hydrogen-bond donors (Lipinski definition) is 1. The molecule has 0 rings (SSSR count). The molecule has 0 radical (unpaired) electrons. The summed E-state index contributed by atoms with van der Waals surface area (Å²) in [7, 11) is 4.81. The van der Waals surface area contributed by atoms with Gasteiger partial charge in [0.05, 0.1) is 0 Å². The fraction of sp³-hybridized carbons (Fsp3) is 0.500. The van der Waals surface area contributed by atoms with E-state index in [1.807, 2.05) is 0 Å². The largest absolute Gasteiger partial charge is 0.481 e. The summed E-state index contributed by atoms with van der Waals surface area (Å²) in [6.07, 6.45) is 0. The second kappa shape index (κ2) is 4.84. The lowest BCUT2D eigenvalue weighted by Gasteiger charge is -1.61. The summed E-state index contributed by atoms with van der Waals surface area (Å²) in [5.74, 6) is -0.833. The minimum absolute atomic E-state index is 0.833. The number of aliphatic carboxylic acids is 1. The minimum atomic E-state index is -3.72. The van der Waals surface area contributed by atoms with Gasteiger partial charge in [0.15, 0.2) is 0 Å². The molecule has 0 aromatic heterocycles. The van der Waals surface area contributed by atoms with Crippen LogP contribution in [0.15, 0.2) is 0 Å². The van der Waals surface area contributed by atoms with Crippen molar-refractivity contribution in [3.8, 4) is 0 Å². The van der Waals surface area contributed by atoms with Crippen LogP contribution in [0.25, 0.3) is 0 Å². The summed E-state index contributed by atoms with van der Waals surface area (Å²) in [6.45, 7) is 1.08. The molecule has 0 bridgehead atoms. The highest BCUT2D eigenvalue weighted by Crippen LogP contribution is 1.98. The molecule has 0 fully saturated rings. The first-order valence-corrected chi connectivity index (χ1v) is 4.71. The van der Waals surface area contributed by atoms with E-state index in [2.05, 4.69) is 21.4 Å². The van der Waals surface area contributed by atoms with Crippen molar-refractivity contribution in [1.82, 2.24) is 0 Å². The van der Waals surface area contributed by atoms with Gasteiger partial charge >= 0.3 is 8.26 Å². The van der Waals surface area contributed by atoms with Crippen molar-refractivity contribution in [2.75, 3.05) is 0 Å².